The number of nitrogens with one attached hydrogen (secondary N) is 1. The van der Waals surface area contributed by atoms with Crippen LogP contribution in [-0.4, -0.2) is 68.7 Å². The molecule has 3 unspecified atom stereocenters. The van der Waals surface area contributed by atoms with E-state index in [-0.39, 0.29) is 12.8 Å². The number of phosphoric acid groups is 3. The number of alkyl halides is 1. The van der Waals surface area contributed by atoms with Crippen LogP contribution in [0.5, 0.6) is 0 Å². The smallest absolute Gasteiger partial charge is 0.379 e. The third-order valence-corrected chi connectivity index (χ3v) is 7.45. The fourth-order valence-electron chi connectivity index (χ4n) is 1.74. The second kappa shape index (κ2) is 11.9. The van der Waals surface area contributed by atoms with Gasteiger partial charge in [-0.05, 0) is 6.92 Å². The molecule has 0 aliphatic rings. The Morgan fingerprint density at radius 3 is 2.23 bits per heavy atom. The van der Waals surface area contributed by atoms with Gasteiger partial charge in [0.2, 0.25) is 12.2 Å². The molecule has 0 saturated carbocycles. The van der Waals surface area contributed by atoms with Gasteiger partial charge in [0, 0.05) is 26.8 Å². The molecule has 5 N–H and O–H groups in total. The quantitative estimate of drug-likeness (QED) is 0.0678. The lowest BCUT2D eigenvalue weighted by molar-refractivity contribution is -0.123. The lowest BCUT2D eigenvalue weighted by atomic mass is 10.1. The van der Waals surface area contributed by atoms with E-state index in [9.17, 15) is 32.6 Å². The Balaban J connectivity index is 5.10. The molecule has 0 aromatic carbocycles. The minimum Gasteiger partial charge on any atom is -0.379 e. The van der Waals surface area contributed by atoms with Crippen molar-refractivity contribution < 1.29 is 65.1 Å². The first-order valence-corrected chi connectivity index (χ1v) is 12.6. The third kappa shape index (κ3) is 12.8. The monoisotopic (exact) mass is 536 g/mol. The standard InChI is InChI=1S/C11H21ClFN2O13P3/c1-11(12,15(2)5-9(13)10(17)14-7-16)4-8(25-3)6-26-30(21,22)28-31(23,24)27-29(18,19)20/h5,7-8H,4,6H2,1-3H3,(H,21,22)(H,23,24)(H,14,16,17)(H2,18,19,20)/b9-5+/t8?,11-/m1/s1. The Morgan fingerprint density at radius 1 is 1.23 bits per heavy atom. The van der Waals surface area contributed by atoms with Crippen LogP contribution in [0.3, 0.4) is 0 Å². The van der Waals surface area contributed by atoms with E-state index in [4.69, 9.17) is 31.0 Å². The van der Waals surface area contributed by atoms with Crippen LogP contribution in [0.2, 0.25) is 0 Å². The molecule has 2 amide bonds. The zero-order valence-corrected chi connectivity index (χ0v) is 19.6. The summed E-state index contributed by atoms with van der Waals surface area (Å²) in [4.78, 5) is 56.4. The van der Waals surface area contributed by atoms with Gasteiger partial charge in [-0.2, -0.15) is 13.0 Å². The molecule has 31 heavy (non-hydrogen) atoms. The molecule has 0 aliphatic heterocycles. The van der Waals surface area contributed by atoms with Gasteiger partial charge in [0.05, 0.1) is 12.7 Å². The molecule has 0 radical (unpaired) electrons. The summed E-state index contributed by atoms with van der Waals surface area (Å²) in [5, 5.41) is 1.57. The predicted molar refractivity (Wildman–Crippen MR) is 101 cm³/mol. The number of rotatable bonds is 14. The summed E-state index contributed by atoms with van der Waals surface area (Å²) < 4.78 is 63.8. The van der Waals surface area contributed by atoms with Gasteiger partial charge in [-0.15, -0.1) is 0 Å². The molecular formula is C11H21ClFN2O13P3. The van der Waals surface area contributed by atoms with Gasteiger partial charge in [0.25, 0.3) is 5.91 Å². The lowest BCUT2D eigenvalue weighted by Gasteiger charge is -2.35. The summed E-state index contributed by atoms with van der Waals surface area (Å²) in [6.45, 7) is 0.543. The number of phosphoric ester groups is 1. The van der Waals surface area contributed by atoms with Gasteiger partial charge >= 0.3 is 23.5 Å². The highest BCUT2D eigenvalue weighted by molar-refractivity contribution is 7.66. The van der Waals surface area contributed by atoms with Crippen LogP contribution in [0.1, 0.15) is 13.3 Å². The zero-order valence-electron chi connectivity index (χ0n) is 16.2. The third-order valence-electron chi connectivity index (χ3n) is 3.22. The van der Waals surface area contributed by atoms with Crippen LogP contribution in [0.25, 0.3) is 0 Å². The fourth-order valence-corrected chi connectivity index (χ4v) is 5.01. The summed E-state index contributed by atoms with van der Waals surface area (Å²) in [7, 11) is -14.2. The van der Waals surface area contributed by atoms with E-state index in [1.807, 2.05) is 0 Å². The van der Waals surface area contributed by atoms with Crippen molar-refractivity contribution in [2.24, 2.45) is 0 Å². The fraction of sp³-hybridized carbons (Fsp3) is 0.636. The van der Waals surface area contributed by atoms with Gasteiger partial charge in [-0.1, -0.05) is 11.6 Å². The van der Waals surface area contributed by atoms with Gasteiger partial charge in [0.1, 0.15) is 5.00 Å². The van der Waals surface area contributed by atoms with Crippen molar-refractivity contribution in [1.82, 2.24) is 10.2 Å². The van der Waals surface area contributed by atoms with Crippen LogP contribution < -0.4 is 5.32 Å². The van der Waals surface area contributed by atoms with Crippen molar-refractivity contribution in [1.29, 1.82) is 0 Å². The SMILES string of the molecule is COC(COP(=O)(O)OP(=O)(O)OP(=O)(O)O)C[C@](C)(Cl)N(C)/C=C(/F)C(=O)NC=O. The Labute approximate surface area is 180 Å². The normalized spacial score (nSPS) is 19.5. The van der Waals surface area contributed by atoms with Gasteiger partial charge in [0.15, 0.2) is 0 Å². The number of amides is 2. The number of halogens is 2. The molecule has 0 rings (SSSR count). The van der Waals surface area contributed by atoms with Crippen LogP contribution in [0.15, 0.2) is 12.0 Å². The Kier molecular flexibility index (Phi) is 11.7. The van der Waals surface area contributed by atoms with E-state index in [0.717, 1.165) is 12.0 Å². The van der Waals surface area contributed by atoms with Crippen molar-refractivity contribution in [3.63, 3.8) is 0 Å². The first-order chi connectivity index (χ1) is 13.8. The van der Waals surface area contributed by atoms with Crippen molar-refractivity contribution in [3.05, 3.63) is 12.0 Å². The van der Waals surface area contributed by atoms with Crippen LogP contribution in [0.4, 0.5) is 4.39 Å². The zero-order chi connectivity index (χ0) is 24.7. The molecular weight excluding hydrogens is 515 g/mol. The van der Waals surface area contributed by atoms with Gasteiger partial charge in [-0.25, -0.2) is 13.7 Å². The molecule has 4 atom stereocenters. The van der Waals surface area contributed by atoms with Crippen molar-refractivity contribution in [2.75, 3.05) is 20.8 Å². The molecule has 0 heterocycles. The molecule has 20 heteroatoms. The maximum Gasteiger partial charge on any atom is 0.490 e. The van der Waals surface area contributed by atoms with Gasteiger partial charge < -0.3 is 29.2 Å². The molecule has 0 spiro atoms. The number of carbonyl (C=O) groups is 2. The van der Waals surface area contributed by atoms with Crippen LogP contribution in [-0.2, 0) is 41.2 Å². The molecule has 0 aromatic heterocycles. The Hall–Kier alpha value is -0.730. The summed E-state index contributed by atoms with van der Waals surface area (Å²) in [5.74, 6) is -2.69. The molecule has 0 aromatic rings. The van der Waals surface area contributed by atoms with Gasteiger partial charge in [-0.3, -0.25) is 19.4 Å². The minimum atomic E-state index is -5.68. The second-order valence-corrected chi connectivity index (χ2v) is 11.0. The van der Waals surface area contributed by atoms with Crippen LogP contribution >= 0.6 is 35.1 Å². The first kappa shape index (κ1) is 30.3. The number of imide groups is 1. The maximum absolute atomic E-state index is 13.7. The minimum absolute atomic E-state index is 0.0284. The molecule has 0 bridgehead atoms. The molecule has 0 fully saturated rings. The molecule has 182 valence electrons. The summed E-state index contributed by atoms with van der Waals surface area (Å²) >= 11 is 6.24. The van der Waals surface area contributed by atoms with Crippen molar-refractivity contribution in [2.45, 2.75) is 24.4 Å². The molecule has 0 saturated heterocycles. The number of methoxy groups -OCH3 is 1. The molecule has 15 nitrogen and oxygen atoms in total. The summed E-state index contributed by atoms with van der Waals surface area (Å²) in [6, 6.07) is 0. The average molecular weight is 537 g/mol. The number of hydrogen-bond donors (Lipinski definition) is 5. The number of nitrogens with zero attached hydrogens (tertiary/aromatic N) is 1. The van der Waals surface area contributed by atoms with E-state index >= 15 is 0 Å². The Morgan fingerprint density at radius 2 is 1.77 bits per heavy atom. The van der Waals surface area contributed by atoms with E-state index < -0.39 is 52.9 Å². The van der Waals surface area contributed by atoms with E-state index in [0.29, 0.717) is 6.20 Å². The Bertz CT molecular complexity index is 819. The number of carbonyl (C=O) groups excluding carboxylic acids is 2. The second-order valence-electron chi connectivity index (χ2n) is 5.77. The average Bonchev–Trinajstić information content (AvgIpc) is 2.55. The van der Waals surface area contributed by atoms with E-state index in [1.165, 1.54) is 14.0 Å². The number of ether oxygens (including phenoxy) is 1. The number of hydrogen-bond acceptors (Lipinski definition) is 10. The first-order valence-electron chi connectivity index (χ1n) is 7.69. The molecule has 0 aliphatic carbocycles. The van der Waals surface area contributed by atoms with Crippen LogP contribution in [0, 0.1) is 0 Å². The maximum atomic E-state index is 13.7. The van der Waals surface area contributed by atoms with Crippen molar-refractivity contribution >= 4 is 47.4 Å². The lowest BCUT2D eigenvalue weighted by Crippen LogP contribution is -2.40. The predicted octanol–water partition coefficient (Wildman–Crippen LogP) is 0.705. The van der Waals surface area contributed by atoms with Crippen molar-refractivity contribution in [3.8, 4) is 0 Å². The highest BCUT2D eigenvalue weighted by Crippen LogP contribution is 2.66. The highest BCUT2D eigenvalue weighted by Gasteiger charge is 2.41. The summed E-state index contributed by atoms with van der Waals surface area (Å²) in [5.41, 5.74) is 0. The largest absolute Gasteiger partial charge is 0.490 e. The van der Waals surface area contributed by atoms with E-state index in [1.54, 1.807) is 5.32 Å². The topological polar surface area (TPSA) is 218 Å². The summed E-state index contributed by atoms with van der Waals surface area (Å²) in [6.07, 6.45) is -0.730. The highest BCUT2D eigenvalue weighted by atomic mass is 35.5. The van der Waals surface area contributed by atoms with E-state index in [2.05, 4.69) is 13.1 Å².